The summed E-state index contributed by atoms with van der Waals surface area (Å²) in [5.41, 5.74) is 4.20. The Labute approximate surface area is 148 Å². The molecule has 3 rings (SSSR count). The zero-order valence-corrected chi connectivity index (χ0v) is 14.6. The minimum atomic E-state index is -0.925. The number of aryl methyl sites for hydroxylation is 2. The van der Waals surface area contributed by atoms with Crippen molar-refractivity contribution in [3.8, 4) is 11.3 Å². The van der Waals surface area contributed by atoms with Crippen LogP contribution in [-0.2, 0) is 11.2 Å². The highest BCUT2D eigenvalue weighted by Gasteiger charge is 2.11. The van der Waals surface area contributed by atoms with Gasteiger partial charge in [-0.3, -0.25) is 4.79 Å². The van der Waals surface area contributed by atoms with E-state index in [0.717, 1.165) is 23.3 Å². The van der Waals surface area contributed by atoms with Gasteiger partial charge in [-0.1, -0.05) is 18.2 Å². The minimum Gasteiger partial charge on any atom is -0.302 e. The molecule has 25 heavy (non-hydrogen) atoms. The van der Waals surface area contributed by atoms with E-state index in [1.54, 1.807) is 5.38 Å². The van der Waals surface area contributed by atoms with Crippen LogP contribution in [0.3, 0.4) is 0 Å². The molecule has 0 fully saturated rings. The van der Waals surface area contributed by atoms with Gasteiger partial charge in [-0.2, -0.15) is 0 Å². The first-order valence-electron chi connectivity index (χ1n) is 7.69. The summed E-state index contributed by atoms with van der Waals surface area (Å²) in [5.74, 6) is -2.00. The van der Waals surface area contributed by atoms with E-state index in [-0.39, 0.29) is 12.3 Å². The van der Waals surface area contributed by atoms with Gasteiger partial charge in [0, 0.05) is 10.9 Å². The maximum Gasteiger partial charge on any atom is 0.230 e. The van der Waals surface area contributed by atoms with Crippen LogP contribution in [-0.4, -0.2) is 10.9 Å². The van der Waals surface area contributed by atoms with Crippen LogP contribution < -0.4 is 5.32 Å². The Bertz CT molecular complexity index is 937. The van der Waals surface area contributed by atoms with E-state index >= 15 is 0 Å². The van der Waals surface area contributed by atoms with Crippen LogP contribution in [0.1, 0.15) is 16.7 Å². The molecule has 0 saturated carbocycles. The summed E-state index contributed by atoms with van der Waals surface area (Å²) < 4.78 is 26.3. The molecule has 1 amide bonds. The molecule has 0 radical (unpaired) electrons. The van der Waals surface area contributed by atoms with Crippen molar-refractivity contribution in [2.75, 3.05) is 5.32 Å². The standard InChI is InChI=1S/C19H16F2N2OS/c1-11-3-4-13(7-12(11)2)8-18(24)23-19-22-17(10-25-19)14-5-6-15(20)16(21)9-14/h3-7,9-10H,8H2,1-2H3,(H,22,23,24). The molecule has 0 aliphatic rings. The second kappa shape index (κ2) is 7.11. The van der Waals surface area contributed by atoms with E-state index in [0.29, 0.717) is 16.4 Å². The van der Waals surface area contributed by atoms with Crippen molar-refractivity contribution >= 4 is 22.4 Å². The third-order valence-electron chi connectivity index (χ3n) is 3.90. The Morgan fingerprint density at radius 3 is 2.60 bits per heavy atom. The summed E-state index contributed by atoms with van der Waals surface area (Å²) >= 11 is 1.24. The van der Waals surface area contributed by atoms with Crippen molar-refractivity contribution < 1.29 is 13.6 Å². The van der Waals surface area contributed by atoms with Gasteiger partial charge in [0.05, 0.1) is 12.1 Å². The number of aromatic nitrogens is 1. The van der Waals surface area contributed by atoms with Crippen LogP contribution in [0, 0.1) is 25.5 Å². The predicted molar refractivity (Wildman–Crippen MR) is 95.7 cm³/mol. The molecule has 0 atom stereocenters. The summed E-state index contributed by atoms with van der Waals surface area (Å²) in [5, 5.41) is 4.86. The van der Waals surface area contributed by atoms with Gasteiger partial charge < -0.3 is 5.32 Å². The predicted octanol–water partition coefficient (Wildman–Crippen LogP) is 4.89. The molecule has 0 unspecified atom stereocenters. The molecule has 1 aromatic heterocycles. The summed E-state index contributed by atoms with van der Waals surface area (Å²) in [6.45, 7) is 4.03. The summed E-state index contributed by atoms with van der Waals surface area (Å²) in [6, 6.07) is 9.50. The summed E-state index contributed by atoms with van der Waals surface area (Å²) in [7, 11) is 0. The Kier molecular flexibility index (Phi) is 4.90. The number of thiazole rings is 1. The molecule has 3 nitrogen and oxygen atoms in total. The van der Waals surface area contributed by atoms with Crippen molar-refractivity contribution in [1.29, 1.82) is 0 Å². The lowest BCUT2D eigenvalue weighted by Crippen LogP contribution is -2.14. The molecular weight excluding hydrogens is 342 g/mol. The smallest absolute Gasteiger partial charge is 0.230 e. The molecule has 2 aromatic carbocycles. The monoisotopic (exact) mass is 358 g/mol. The number of benzene rings is 2. The zero-order chi connectivity index (χ0) is 18.0. The molecule has 1 N–H and O–H groups in total. The number of hydrogen-bond donors (Lipinski definition) is 1. The second-order valence-corrected chi connectivity index (χ2v) is 6.67. The topological polar surface area (TPSA) is 42.0 Å². The number of anilines is 1. The molecule has 0 aliphatic carbocycles. The second-order valence-electron chi connectivity index (χ2n) is 5.81. The Morgan fingerprint density at radius 2 is 1.88 bits per heavy atom. The molecule has 0 bridgehead atoms. The lowest BCUT2D eigenvalue weighted by atomic mass is 10.0. The Morgan fingerprint density at radius 1 is 1.08 bits per heavy atom. The normalized spacial score (nSPS) is 10.7. The van der Waals surface area contributed by atoms with E-state index in [9.17, 15) is 13.6 Å². The van der Waals surface area contributed by atoms with Crippen molar-refractivity contribution in [2.45, 2.75) is 20.3 Å². The Balaban J connectivity index is 1.69. The van der Waals surface area contributed by atoms with Crippen LogP contribution >= 0.6 is 11.3 Å². The van der Waals surface area contributed by atoms with E-state index in [4.69, 9.17) is 0 Å². The third kappa shape index (κ3) is 4.09. The highest BCUT2D eigenvalue weighted by atomic mass is 32.1. The number of halogens is 2. The number of hydrogen-bond acceptors (Lipinski definition) is 3. The largest absolute Gasteiger partial charge is 0.302 e. The fraction of sp³-hybridized carbons (Fsp3) is 0.158. The van der Waals surface area contributed by atoms with E-state index in [1.165, 1.54) is 23.0 Å². The molecule has 3 aromatic rings. The third-order valence-corrected chi connectivity index (χ3v) is 4.66. The molecular formula is C19H16F2N2OS. The van der Waals surface area contributed by atoms with Crippen LogP contribution in [0.2, 0.25) is 0 Å². The maximum atomic E-state index is 13.3. The van der Waals surface area contributed by atoms with Crippen LogP contribution in [0.5, 0.6) is 0 Å². The maximum absolute atomic E-state index is 13.3. The average Bonchev–Trinajstić information content (AvgIpc) is 3.02. The van der Waals surface area contributed by atoms with Crippen LogP contribution in [0.15, 0.2) is 41.8 Å². The van der Waals surface area contributed by atoms with Gasteiger partial charge in [0.1, 0.15) is 0 Å². The highest BCUT2D eigenvalue weighted by molar-refractivity contribution is 7.14. The molecule has 128 valence electrons. The number of nitrogens with zero attached hydrogens (tertiary/aromatic N) is 1. The van der Waals surface area contributed by atoms with Crippen molar-refractivity contribution in [3.63, 3.8) is 0 Å². The van der Waals surface area contributed by atoms with Crippen molar-refractivity contribution in [2.24, 2.45) is 0 Å². The van der Waals surface area contributed by atoms with Crippen molar-refractivity contribution in [1.82, 2.24) is 4.98 Å². The number of amides is 1. The first-order chi connectivity index (χ1) is 11.9. The van der Waals surface area contributed by atoms with E-state index < -0.39 is 11.6 Å². The fourth-order valence-electron chi connectivity index (χ4n) is 2.38. The van der Waals surface area contributed by atoms with Gasteiger partial charge in [-0.15, -0.1) is 11.3 Å². The Hall–Kier alpha value is -2.60. The average molecular weight is 358 g/mol. The minimum absolute atomic E-state index is 0.172. The lowest BCUT2D eigenvalue weighted by Gasteiger charge is -2.05. The summed E-state index contributed by atoms with van der Waals surface area (Å²) in [6.07, 6.45) is 0.251. The first-order valence-corrected chi connectivity index (χ1v) is 8.57. The van der Waals surface area contributed by atoms with Gasteiger partial charge in [-0.05, 0) is 48.7 Å². The molecule has 1 heterocycles. The van der Waals surface area contributed by atoms with Crippen molar-refractivity contribution in [3.05, 3.63) is 70.1 Å². The van der Waals surface area contributed by atoms with Gasteiger partial charge in [0.25, 0.3) is 0 Å². The van der Waals surface area contributed by atoms with Gasteiger partial charge >= 0.3 is 0 Å². The van der Waals surface area contributed by atoms with Crippen LogP contribution in [0.4, 0.5) is 13.9 Å². The molecule has 0 saturated heterocycles. The van der Waals surface area contributed by atoms with Gasteiger partial charge in [0.15, 0.2) is 16.8 Å². The number of carbonyl (C=O) groups is 1. The summed E-state index contributed by atoms with van der Waals surface area (Å²) in [4.78, 5) is 16.4. The van der Waals surface area contributed by atoms with Gasteiger partial charge in [-0.25, -0.2) is 13.8 Å². The highest BCUT2D eigenvalue weighted by Crippen LogP contribution is 2.26. The quantitative estimate of drug-likeness (QED) is 0.722. The SMILES string of the molecule is Cc1ccc(CC(=O)Nc2nc(-c3ccc(F)c(F)c3)cs2)cc1C. The number of rotatable bonds is 4. The van der Waals surface area contributed by atoms with E-state index in [2.05, 4.69) is 10.3 Å². The number of nitrogens with one attached hydrogen (secondary N) is 1. The van der Waals surface area contributed by atoms with Gasteiger partial charge in [0.2, 0.25) is 5.91 Å². The number of carbonyl (C=O) groups excluding carboxylic acids is 1. The first kappa shape index (κ1) is 17.2. The fourth-order valence-corrected chi connectivity index (χ4v) is 3.12. The van der Waals surface area contributed by atoms with Crippen LogP contribution in [0.25, 0.3) is 11.3 Å². The zero-order valence-electron chi connectivity index (χ0n) is 13.8. The lowest BCUT2D eigenvalue weighted by molar-refractivity contribution is -0.115. The molecule has 0 aliphatic heterocycles. The van der Waals surface area contributed by atoms with E-state index in [1.807, 2.05) is 32.0 Å². The molecule has 6 heteroatoms. The molecule has 0 spiro atoms.